The molecule has 0 amide bonds. The van der Waals surface area contributed by atoms with E-state index in [2.05, 4.69) is 111 Å². The third-order valence-electron chi connectivity index (χ3n) is 5.84. The quantitative estimate of drug-likeness (QED) is 0.419. The third-order valence-corrected chi connectivity index (χ3v) is 15.4. The minimum absolute atomic E-state index is 0.146. The Labute approximate surface area is 149 Å². The van der Waals surface area contributed by atoms with Crippen LogP contribution >= 0.6 is 0 Å². The Bertz CT molecular complexity index is 450. The molecule has 0 radical (unpaired) electrons. The Morgan fingerprint density at radius 2 is 1.17 bits per heavy atom. The molecule has 0 heterocycles. The van der Waals surface area contributed by atoms with Crippen molar-refractivity contribution in [3.8, 4) is 0 Å². The van der Waals surface area contributed by atoms with E-state index in [1.807, 2.05) is 0 Å². The molecule has 0 aliphatic carbocycles. The van der Waals surface area contributed by atoms with Gasteiger partial charge in [-0.3, -0.25) is 0 Å². The van der Waals surface area contributed by atoms with Crippen LogP contribution in [0.15, 0.2) is 23.5 Å². The molecular formula is C20H43NSi2. The van der Waals surface area contributed by atoms with Crippen LogP contribution in [0, 0.1) is 5.41 Å². The van der Waals surface area contributed by atoms with Gasteiger partial charge < -0.3 is 4.98 Å². The lowest BCUT2D eigenvalue weighted by molar-refractivity contribution is 0.480. The predicted octanol–water partition coefficient (Wildman–Crippen LogP) is 7.12. The van der Waals surface area contributed by atoms with Crippen molar-refractivity contribution in [2.45, 2.75) is 98.6 Å². The molecule has 0 bridgehead atoms. The molecule has 0 rings (SSSR count). The van der Waals surface area contributed by atoms with Crippen molar-refractivity contribution in [3.05, 3.63) is 23.5 Å². The SMILES string of the molecule is CC(C)(C)/C(=C\C=C\[Si](C)(C)C(C)(C)C)N[Si](C)(C)C(C)(C)C. The standard InChI is InChI=1S/C20H43NSi2/c1-18(2,3)17(21-23(12,13)20(7,8)9)15-14-16-22(10,11)19(4,5)6/h14-16,21H,1-13H3/b16-14+,17-15+. The summed E-state index contributed by atoms with van der Waals surface area (Å²) in [6.45, 7) is 30.9. The van der Waals surface area contributed by atoms with Crippen LogP contribution in [0.3, 0.4) is 0 Å². The second-order valence-corrected chi connectivity index (χ2v) is 21.4. The Kier molecular flexibility index (Phi) is 6.83. The highest BCUT2D eigenvalue weighted by molar-refractivity contribution is 6.84. The molecule has 3 heteroatoms. The number of rotatable bonds is 4. The normalized spacial score (nSPS) is 16.1. The van der Waals surface area contributed by atoms with Crippen LogP contribution in [0.4, 0.5) is 0 Å². The Morgan fingerprint density at radius 1 is 0.739 bits per heavy atom. The maximum atomic E-state index is 3.96. The van der Waals surface area contributed by atoms with Crippen molar-refractivity contribution >= 4 is 16.3 Å². The fourth-order valence-corrected chi connectivity index (χ4v) is 4.22. The van der Waals surface area contributed by atoms with Crippen molar-refractivity contribution in [3.63, 3.8) is 0 Å². The molecule has 1 nitrogen and oxygen atoms in total. The molecule has 0 aromatic heterocycles. The van der Waals surface area contributed by atoms with E-state index in [0.29, 0.717) is 10.1 Å². The third kappa shape index (κ3) is 6.62. The molecule has 0 aromatic rings. The number of hydrogen-bond donors (Lipinski definition) is 1. The Hall–Kier alpha value is -0.286. The van der Waals surface area contributed by atoms with E-state index in [-0.39, 0.29) is 5.41 Å². The summed E-state index contributed by atoms with van der Waals surface area (Å²) >= 11 is 0. The smallest absolute Gasteiger partial charge is 0.152 e. The van der Waals surface area contributed by atoms with Crippen LogP contribution in [-0.4, -0.2) is 16.3 Å². The molecule has 0 fully saturated rings. The van der Waals surface area contributed by atoms with E-state index in [1.54, 1.807) is 0 Å². The highest BCUT2D eigenvalue weighted by atomic mass is 28.3. The summed E-state index contributed by atoms with van der Waals surface area (Å²) in [6.07, 6.45) is 4.65. The van der Waals surface area contributed by atoms with Crippen molar-refractivity contribution < 1.29 is 0 Å². The molecule has 1 N–H and O–H groups in total. The first-order valence-electron chi connectivity index (χ1n) is 8.99. The summed E-state index contributed by atoms with van der Waals surface area (Å²) in [7, 11) is -2.92. The fourth-order valence-electron chi connectivity index (χ4n) is 1.64. The van der Waals surface area contributed by atoms with Gasteiger partial charge in [0.15, 0.2) is 8.24 Å². The zero-order chi connectivity index (χ0) is 18.9. The van der Waals surface area contributed by atoms with Crippen molar-refractivity contribution in [1.29, 1.82) is 0 Å². The fraction of sp³-hybridized carbons (Fsp3) is 0.800. The number of hydrogen-bond acceptors (Lipinski definition) is 1. The Balaban J connectivity index is 5.55. The lowest BCUT2D eigenvalue weighted by atomic mass is 9.92. The molecule has 136 valence electrons. The van der Waals surface area contributed by atoms with Gasteiger partial charge in [-0.2, -0.15) is 0 Å². The van der Waals surface area contributed by atoms with E-state index >= 15 is 0 Å². The Morgan fingerprint density at radius 3 is 1.48 bits per heavy atom. The van der Waals surface area contributed by atoms with Gasteiger partial charge in [-0.15, -0.1) is 0 Å². The number of nitrogens with one attached hydrogen (secondary N) is 1. The highest BCUT2D eigenvalue weighted by Gasteiger charge is 2.37. The second kappa shape index (κ2) is 6.91. The molecule has 0 unspecified atom stereocenters. The predicted molar refractivity (Wildman–Crippen MR) is 114 cm³/mol. The molecule has 23 heavy (non-hydrogen) atoms. The van der Waals surface area contributed by atoms with E-state index in [4.69, 9.17) is 0 Å². The van der Waals surface area contributed by atoms with Crippen LogP contribution in [0.1, 0.15) is 62.3 Å². The molecule has 0 aromatic carbocycles. The zero-order valence-electron chi connectivity index (χ0n) is 18.2. The van der Waals surface area contributed by atoms with Crippen LogP contribution in [-0.2, 0) is 0 Å². The van der Waals surface area contributed by atoms with Gasteiger partial charge in [0.25, 0.3) is 0 Å². The van der Waals surface area contributed by atoms with E-state index in [0.717, 1.165) is 0 Å². The topological polar surface area (TPSA) is 12.0 Å². The number of allylic oxidation sites excluding steroid dienone is 3. The molecule has 0 spiro atoms. The maximum Gasteiger partial charge on any atom is 0.152 e. The van der Waals surface area contributed by atoms with Crippen LogP contribution in [0.5, 0.6) is 0 Å². The maximum absolute atomic E-state index is 3.96. The first-order valence-corrected chi connectivity index (χ1v) is 15.1. The summed E-state index contributed by atoms with van der Waals surface area (Å²) in [5, 5.41) is 0.729. The molecular weight excluding hydrogens is 310 g/mol. The van der Waals surface area contributed by atoms with E-state index < -0.39 is 16.3 Å². The summed E-state index contributed by atoms with van der Waals surface area (Å²) < 4.78 is 0. The van der Waals surface area contributed by atoms with Gasteiger partial charge in [0.1, 0.15) is 0 Å². The molecule has 0 saturated heterocycles. The largest absolute Gasteiger partial charge is 0.413 e. The molecule has 0 atom stereocenters. The second-order valence-electron chi connectivity index (χ2n) is 11.2. The van der Waals surface area contributed by atoms with Crippen LogP contribution < -0.4 is 4.98 Å². The van der Waals surface area contributed by atoms with Gasteiger partial charge in [-0.1, -0.05) is 100 Å². The molecule has 0 saturated carbocycles. The van der Waals surface area contributed by atoms with Crippen molar-refractivity contribution in [2.75, 3.05) is 0 Å². The van der Waals surface area contributed by atoms with Gasteiger partial charge in [0, 0.05) is 11.1 Å². The van der Waals surface area contributed by atoms with Crippen molar-refractivity contribution in [2.24, 2.45) is 5.41 Å². The first kappa shape index (κ1) is 22.7. The average molecular weight is 354 g/mol. The average Bonchev–Trinajstić information content (AvgIpc) is 2.22. The monoisotopic (exact) mass is 353 g/mol. The van der Waals surface area contributed by atoms with Crippen LogP contribution in [0.25, 0.3) is 0 Å². The molecule has 0 aliphatic rings. The minimum Gasteiger partial charge on any atom is -0.413 e. The van der Waals surface area contributed by atoms with Gasteiger partial charge in [0.05, 0.1) is 8.07 Å². The minimum atomic E-state index is -1.55. The van der Waals surface area contributed by atoms with Gasteiger partial charge in [-0.05, 0) is 16.2 Å². The van der Waals surface area contributed by atoms with Crippen molar-refractivity contribution in [1.82, 2.24) is 4.98 Å². The molecule has 0 aliphatic heterocycles. The van der Waals surface area contributed by atoms with Crippen LogP contribution in [0.2, 0.25) is 36.3 Å². The van der Waals surface area contributed by atoms with Gasteiger partial charge in [-0.25, -0.2) is 0 Å². The summed E-state index contributed by atoms with van der Waals surface area (Å²) in [4.78, 5) is 3.96. The summed E-state index contributed by atoms with van der Waals surface area (Å²) in [5.41, 5.74) is 4.01. The zero-order valence-corrected chi connectivity index (χ0v) is 20.2. The lowest BCUT2D eigenvalue weighted by Crippen LogP contribution is -2.53. The lowest BCUT2D eigenvalue weighted by Gasteiger charge is -2.41. The van der Waals surface area contributed by atoms with E-state index in [1.165, 1.54) is 5.70 Å². The first-order chi connectivity index (χ1) is 9.81. The van der Waals surface area contributed by atoms with Gasteiger partial charge in [0.2, 0.25) is 0 Å². The summed E-state index contributed by atoms with van der Waals surface area (Å²) in [5.74, 6) is 0. The van der Waals surface area contributed by atoms with E-state index in [9.17, 15) is 0 Å². The highest BCUT2D eigenvalue weighted by Crippen LogP contribution is 2.38. The van der Waals surface area contributed by atoms with Gasteiger partial charge >= 0.3 is 0 Å². The summed E-state index contributed by atoms with van der Waals surface area (Å²) in [6, 6.07) is 0.